The van der Waals surface area contributed by atoms with Crippen LogP contribution in [0.3, 0.4) is 0 Å². The summed E-state index contributed by atoms with van der Waals surface area (Å²) < 4.78 is 4.00. The van der Waals surface area contributed by atoms with Gasteiger partial charge in [-0.1, -0.05) is 18.2 Å². The first-order valence-electron chi connectivity index (χ1n) is 6.33. The second-order valence-electron chi connectivity index (χ2n) is 4.55. The molecule has 3 heterocycles. The van der Waals surface area contributed by atoms with Crippen molar-refractivity contribution in [1.82, 2.24) is 18.9 Å². The Morgan fingerprint density at radius 3 is 2.80 bits per heavy atom. The molecule has 0 fully saturated rings. The topological polar surface area (TPSA) is 35.1 Å². The van der Waals surface area contributed by atoms with Gasteiger partial charge in [-0.25, -0.2) is 9.97 Å². The molecule has 4 rings (SSSR count). The van der Waals surface area contributed by atoms with E-state index in [4.69, 9.17) is 11.6 Å². The van der Waals surface area contributed by atoms with Crippen molar-refractivity contribution >= 4 is 28.3 Å². The molecule has 0 N–H and O–H groups in total. The van der Waals surface area contributed by atoms with Gasteiger partial charge in [0.25, 0.3) is 0 Å². The van der Waals surface area contributed by atoms with Crippen LogP contribution < -0.4 is 0 Å². The SMILES string of the molecule is ClCc1c(-n2cnc3ccccc32)nc2ccccn12. The Morgan fingerprint density at radius 1 is 1.05 bits per heavy atom. The smallest absolute Gasteiger partial charge is 0.162 e. The van der Waals surface area contributed by atoms with Crippen molar-refractivity contribution in [3.8, 4) is 5.82 Å². The van der Waals surface area contributed by atoms with Crippen LogP contribution in [0.25, 0.3) is 22.5 Å². The maximum atomic E-state index is 6.13. The molecule has 0 spiro atoms. The number of rotatable bonds is 2. The molecule has 0 radical (unpaired) electrons. The van der Waals surface area contributed by atoms with Crippen LogP contribution in [0.5, 0.6) is 0 Å². The Morgan fingerprint density at radius 2 is 1.90 bits per heavy atom. The molecule has 0 amide bonds. The van der Waals surface area contributed by atoms with Gasteiger partial charge >= 0.3 is 0 Å². The van der Waals surface area contributed by atoms with Crippen molar-refractivity contribution in [2.24, 2.45) is 0 Å². The zero-order valence-corrected chi connectivity index (χ0v) is 11.3. The Kier molecular flexibility index (Phi) is 2.50. The van der Waals surface area contributed by atoms with Gasteiger partial charge < -0.3 is 4.40 Å². The number of imidazole rings is 2. The summed E-state index contributed by atoms with van der Waals surface area (Å²) in [5.74, 6) is 1.23. The zero-order valence-electron chi connectivity index (χ0n) is 10.6. The Labute approximate surface area is 120 Å². The van der Waals surface area contributed by atoms with E-state index in [0.717, 1.165) is 28.2 Å². The van der Waals surface area contributed by atoms with E-state index < -0.39 is 0 Å². The lowest BCUT2D eigenvalue weighted by molar-refractivity contribution is 1.00. The highest BCUT2D eigenvalue weighted by atomic mass is 35.5. The number of pyridine rings is 1. The number of alkyl halides is 1. The predicted molar refractivity (Wildman–Crippen MR) is 79.4 cm³/mol. The Hall–Kier alpha value is -2.33. The zero-order chi connectivity index (χ0) is 13.5. The molecule has 20 heavy (non-hydrogen) atoms. The lowest BCUT2D eigenvalue weighted by Gasteiger charge is -2.03. The van der Waals surface area contributed by atoms with Crippen molar-refractivity contribution in [1.29, 1.82) is 0 Å². The number of hydrogen-bond acceptors (Lipinski definition) is 2. The van der Waals surface area contributed by atoms with E-state index in [2.05, 4.69) is 9.97 Å². The molecule has 3 aromatic heterocycles. The highest BCUT2D eigenvalue weighted by molar-refractivity contribution is 6.17. The summed E-state index contributed by atoms with van der Waals surface area (Å²) in [4.78, 5) is 9.09. The van der Waals surface area contributed by atoms with Crippen LogP contribution in [0.4, 0.5) is 0 Å². The van der Waals surface area contributed by atoms with E-state index in [-0.39, 0.29) is 0 Å². The lowest BCUT2D eigenvalue weighted by atomic mass is 10.3. The fourth-order valence-electron chi connectivity index (χ4n) is 2.48. The third-order valence-electron chi connectivity index (χ3n) is 3.42. The van der Waals surface area contributed by atoms with Gasteiger partial charge in [-0.2, -0.15) is 0 Å². The van der Waals surface area contributed by atoms with Crippen molar-refractivity contribution < 1.29 is 0 Å². The van der Waals surface area contributed by atoms with Gasteiger partial charge in [0.15, 0.2) is 5.82 Å². The van der Waals surface area contributed by atoms with Crippen molar-refractivity contribution in [2.75, 3.05) is 0 Å². The van der Waals surface area contributed by atoms with Crippen LogP contribution in [0, 0.1) is 0 Å². The second kappa shape index (κ2) is 4.35. The van der Waals surface area contributed by atoms with E-state index in [1.54, 1.807) is 6.33 Å². The fraction of sp³-hybridized carbons (Fsp3) is 0.0667. The minimum atomic E-state index is 0.396. The molecule has 0 saturated carbocycles. The van der Waals surface area contributed by atoms with Crippen LogP contribution in [0.2, 0.25) is 0 Å². The quantitative estimate of drug-likeness (QED) is 0.528. The van der Waals surface area contributed by atoms with E-state index in [0.29, 0.717) is 5.88 Å². The maximum absolute atomic E-state index is 6.13. The molecule has 0 aliphatic rings. The molecule has 98 valence electrons. The van der Waals surface area contributed by atoms with Gasteiger partial charge in [0.1, 0.15) is 12.0 Å². The summed E-state index contributed by atoms with van der Waals surface area (Å²) in [5.41, 5.74) is 3.83. The normalized spacial score (nSPS) is 11.4. The maximum Gasteiger partial charge on any atom is 0.162 e. The van der Waals surface area contributed by atoms with E-state index in [1.807, 2.05) is 57.6 Å². The fourth-order valence-corrected chi connectivity index (χ4v) is 2.73. The largest absolute Gasteiger partial charge is 0.301 e. The van der Waals surface area contributed by atoms with E-state index in [9.17, 15) is 0 Å². The van der Waals surface area contributed by atoms with Crippen LogP contribution in [-0.2, 0) is 5.88 Å². The number of nitrogens with zero attached hydrogens (tertiary/aromatic N) is 4. The molecule has 0 bridgehead atoms. The monoisotopic (exact) mass is 282 g/mol. The predicted octanol–water partition coefficient (Wildman–Crippen LogP) is 3.41. The summed E-state index contributed by atoms with van der Waals surface area (Å²) in [6.45, 7) is 0. The highest BCUT2D eigenvalue weighted by Crippen LogP contribution is 2.23. The van der Waals surface area contributed by atoms with E-state index >= 15 is 0 Å². The first-order chi connectivity index (χ1) is 9.88. The molecule has 0 aliphatic heterocycles. The summed E-state index contributed by atoms with van der Waals surface area (Å²) in [6.07, 6.45) is 3.77. The Balaban J connectivity index is 2.07. The third-order valence-corrected chi connectivity index (χ3v) is 3.67. The van der Waals surface area contributed by atoms with Crippen LogP contribution in [0.1, 0.15) is 5.69 Å². The van der Waals surface area contributed by atoms with E-state index in [1.165, 1.54) is 0 Å². The minimum Gasteiger partial charge on any atom is -0.301 e. The van der Waals surface area contributed by atoms with Gasteiger partial charge in [0.2, 0.25) is 0 Å². The molecule has 4 aromatic rings. The third kappa shape index (κ3) is 1.55. The molecule has 0 aliphatic carbocycles. The van der Waals surface area contributed by atoms with Gasteiger partial charge in [-0.15, -0.1) is 11.6 Å². The minimum absolute atomic E-state index is 0.396. The number of aromatic nitrogens is 4. The first-order valence-corrected chi connectivity index (χ1v) is 6.86. The van der Waals surface area contributed by atoms with Crippen LogP contribution in [-0.4, -0.2) is 18.9 Å². The molecule has 0 unspecified atom stereocenters. The summed E-state index contributed by atoms with van der Waals surface area (Å²) >= 11 is 6.13. The average molecular weight is 283 g/mol. The second-order valence-corrected chi connectivity index (χ2v) is 4.82. The Bertz CT molecular complexity index is 906. The number of hydrogen-bond donors (Lipinski definition) is 0. The number of halogens is 1. The van der Waals surface area contributed by atoms with Gasteiger partial charge in [-0.3, -0.25) is 4.57 Å². The van der Waals surface area contributed by atoms with Gasteiger partial charge in [0, 0.05) is 6.20 Å². The number of fused-ring (bicyclic) bond motifs is 2. The van der Waals surface area contributed by atoms with Gasteiger partial charge in [-0.05, 0) is 24.3 Å². The van der Waals surface area contributed by atoms with Crippen molar-refractivity contribution in [3.63, 3.8) is 0 Å². The van der Waals surface area contributed by atoms with Crippen molar-refractivity contribution in [2.45, 2.75) is 5.88 Å². The molecule has 0 saturated heterocycles. The molecule has 5 heteroatoms. The first kappa shape index (κ1) is 11.5. The molecule has 1 aromatic carbocycles. The standard InChI is InChI=1S/C15H11ClN4/c16-9-13-15(18-14-7-3-4-8-19(13)14)20-10-17-11-5-1-2-6-12(11)20/h1-8,10H,9H2. The summed E-state index contributed by atoms with van der Waals surface area (Å²) in [6, 6.07) is 13.9. The number of para-hydroxylation sites is 2. The average Bonchev–Trinajstić information content (AvgIpc) is 3.07. The molecular weight excluding hydrogens is 272 g/mol. The summed E-state index contributed by atoms with van der Waals surface area (Å²) in [5, 5.41) is 0. The lowest BCUT2D eigenvalue weighted by Crippen LogP contribution is -1.98. The van der Waals surface area contributed by atoms with Gasteiger partial charge in [0.05, 0.1) is 22.6 Å². The highest BCUT2D eigenvalue weighted by Gasteiger charge is 2.14. The van der Waals surface area contributed by atoms with Crippen LogP contribution in [0.15, 0.2) is 55.0 Å². The molecular formula is C15H11ClN4. The summed E-state index contributed by atoms with van der Waals surface area (Å²) in [7, 11) is 0. The van der Waals surface area contributed by atoms with Crippen molar-refractivity contribution in [3.05, 3.63) is 60.7 Å². The van der Waals surface area contributed by atoms with Crippen LogP contribution >= 0.6 is 11.6 Å². The molecule has 0 atom stereocenters. The number of benzene rings is 1. The molecule has 4 nitrogen and oxygen atoms in total.